The van der Waals surface area contributed by atoms with Crippen molar-refractivity contribution in [2.24, 2.45) is 16.7 Å². The minimum absolute atomic E-state index is 0.0708. The van der Waals surface area contributed by atoms with Crippen LogP contribution in [0.3, 0.4) is 0 Å². The smallest absolute Gasteiger partial charge is 0.221 e. The summed E-state index contributed by atoms with van der Waals surface area (Å²) in [6.45, 7) is 17.5. The Morgan fingerprint density at radius 1 is 1.09 bits per heavy atom. The lowest BCUT2D eigenvalue weighted by Gasteiger charge is -2.34. The third-order valence-corrected chi connectivity index (χ3v) is 7.91. The number of likely N-dealkylation sites (tertiary alicyclic amines) is 1. The van der Waals surface area contributed by atoms with Crippen molar-refractivity contribution < 1.29 is 4.79 Å². The van der Waals surface area contributed by atoms with E-state index in [1.54, 1.807) is 0 Å². The van der Waals surface area contributed by atoms with Gasteiger partial charge in [0, 0.05) is 24.7 Å². The minimum atomic E-state index is -0.0708. The van der Waals surface area contributed by atoms with Crippen LogP contribution in [-0.2, 0) is 4.79 Å². The van der Waals surface area contributed by atoms with Gasteiger partial charge in [-0.05, 0) is 99.2 Å². The molecule has 2 N–H and O–H groups in total. The number of benzene rings is 1. The molecule has 1 saturated heterocycles. The van der Waals surface area contributed by atoms with Gasteiger partial charge in [-0.2, -0.15) is 0 Å². The van der Waals surface area contributed by atoms with Crippen LogP contribution in [-0.4, -0.2) is 47.2 Å². The SMILES string of the molecule is CC(=O)Nc1ccc(-c2nnc(NCC3CC34CCN(CCC(C)(C)C)CC4)c(C)c2C)cc1. The van der Waals surface area contributed by atoms with Crippen molar-refractivity contribution in [3.8, 4) is 11.3 Å². The topological polar surface area (TPSA) is 70.1 Å². The van der Waals surface area contributed by atoms with Crippen molar-refractivity contribution >= 4 is 17.4 Å². The van der Waals surface area contributed by atoms with Crippen molar-refractivity contribution in [2.75, 3.05) is 36.8 Å². The molecule has 2 aromatic rings. The number of nitrogens with one attached hydrogen (secondary N) is 2. The van der Waals surface area contributed by atoms with Crippen LogP contribution in [0.15, 0.2) is 24.3 Å². The third-order valence-electron chi connectivity index (χ3n) is 7.91. The quantitative estimate of drug-likeness (QED) is 0.554. The molecular weight excluding hydrogens is 422 g/mol. The van der Waals surface area contributed by atoms with Gasteiger partial charge in [-0.1, -0.05) is 32.9 Å². The van der Waals surface area contributed by atoms with Crippen molar-refractivity contribution in [2.45, 2.75) is 67.2 Å². The molecule has 2 fully saturated rings. The average Bonchev–Trinajstić information content (AvgIpc) is 3.45. The van der Waals surface area contributed by atoms with Crippen molar-refractivity contribution in [3.63, 3.8) is 0 Å². The summed E-state index contributed by atoms with van der Waals surface area (Å²) in [6, 6.07) is 7.77. The van der Waals surface area contributed by atoms with Gasteiger partial charge in [-0.15, -0.1) is 10.2 Å². The van der Waals surface area contributed by atoms with E-state index in [1.165, 1.54) is 52.2 Å². The maximum absolute atomic E-state index is 11.2. The summed E-state index contributed by atoms with van der Waals surface area (Å²) in [5.74, 6) is 1.58. The van der Waals surface area contributed by atoms with Crippen LogP contribution >= 0.6 is 0 Å². The first-order valence-electron chi connectivity index (χ1n) is 12.7. The van der Waals surface area contributed by atoms with Crippen LogP contribution < -0.4 is 10.6 Å². The molecule has 6 heteroatoms. The molecule has 1 amide bonds. The Kier molecular flexibility index (Phi) is 6.99. The molecule has 1 aliphatic heterocycles. The highest BCUT2D eigenvalue weighted by Crippen LogP contribution is 2.59. The predicted octanol–water partition coefficient (Wildman–Crippen LogP) is 5.67. The lowest BCUT2D eigenvalue weighted by molar-refractivity contribution is -0.114. The Labute approximate surface area is 204 Å². The predicted molar refractivity (Wildman–Crippen MR) is 140 cm³/mol. The minimum Gasteiger partial charge on any atom is -0.368 e. The summed E-state index contributed by atoms with van der Waals surface area (Å²) in [5.41, 5.74) is 5.96. The number of aromatic nitrogens is 2. The highest BCUT2D eigenvalue weighted by Gasteiger charge is 2.54. The van der Waals surface area contributed by atoms with Crippen LogP contribution in [0.2, 0.25) is 0 Å². The number of nitrogens with zero attached hydrogens (tertiary/aromatic N) is 3. The van der Waals surface area contributed by atoms with Crippen LogP contribution in [0, 0.1) is 30.6 Å². The van der Waals surface area contributed by atoms with Crippen LogP contribution in [0.5, 0.6) is 0 Å². The molecule has 34 heavy (non-hydrogen) atoms. The van der Waals surface area contributed by atoms with Crippen molar-refractivity contribution in [1.29, 1.82) is 0 Å². The molecule has 184 valence electrons. The van der Waals surface area contributed by atoms with Gasteiger partial charge >= 0.3 is 0 Å². The molecule has 1 unspecified atom stereocenters. The van der Waals surface area contributed by atoms with Crippen molar-refractivity contribution in [1.82, 2.24) is 15.1 Å². The number of carbonyl (C=O) groups excluding carboxylic acids is 1. The lowest BCUT2D eigenvalue weighted by Crippen LogP contribution is -2.37. The molecule has 1 saturated carbocycles. The number of rotatable bonds is 7. The number of hydrogen-bond acceptors (Lipinski definition) is 5. The lowest BCUT2D eigenvalue weighted by atomic mass is 9.88. The van der Waals surface area contributed by atoms with E-state index in [0.29, 0.717) is 10.8 Å². The second kappa shape index (κ2) is 9.65. The summed E-state index contributed by atoms with van der Waals surface area (Å²) in [5, 5.41) is 15.5. The van der Waals surface area contributed by atoms with E-state index in [1.807, 2.05) is 24.3 Å². The van der Waals surface area contributed by atoms with Gasteiger partial charge in [0.25, 0.3) is 0 Å². The molecule has 4 rings (SSSR count). The molecule has 2 heterocycles. The van der Waals surface area contributed by atoms with E-state index in [4.69, 9.17) is 0 Å². The largest absolute Gasteiger partial charge is 0.368 e. The Morgan fingerprint density at radius 2 is 1.76 bits per heavy atom. The van der Waals surface area contributed by atoms with Gasteiger partial charge in [0.05, 0.1) is 5.69 Å². The molecule has 1 aromatic carbocycles. The maximum Gasteiger partial charge on any atom is 0.221 e. The molecule has 1 atom stereocenters. The standard InChI is InChI=1S/C28H41N5O/c1-19-20(2)26(32-31-25(19)22-7-9-24(10-8-22)30-21(3)34)29-18-23-17-28(23)12-15-33(16-13-28)14-11-27(4,5)6/h7-10,23H,11-18H2,1-6H3,(H,29,32)(H,30,34). The molecule has 0 radical (unpaired) electrons. The zero-order chi connectivity index (χ0) is 24.5. The molecule has 0 bridgehead atoms. The highest BCUT2D eigenvalue weighted by molar-refractivity contribution is 5.89. The highest BCUT2D eigenvalue weighted by atomic mass is 16.1. The van der Waals surface area contributed by atoms with Crippen LogP contribution in [0.4, 0.5) is 11.5 Å². The first-order chi connectivity index (χ1) is 16.1. The molecular formula is C28H41N5O. The van der Waals surface area contributed by atoms with Crippen molar-refractivity contribution in [3.05, 3.63) is 35.4 Å². The fourth-order valence-corrected chi connectivity index (χ4v) is 5.23. The second-order valence-electron chi connectivity index (χ2n) is 11.7. The Hall–Kier alpha value is -2.47. The first kappa shape index (κ1) is 24.6. The number of amides is 1. The van der Waals surface area contributed by atoms with E-state index < -0.39 is 0 Å². The molecule has 1 aliphatic carbocycles. The average molecular weight is 464 g/mol. The van der Waals surface area contributed by atoms with Crippen LogP contribution in [0.1, 0.15) is 64.5 Å². The number of carbonyl (C=O) groups is 1. The number of hydrogen-bond donors (Lipinski definition) is 2. The summed E-state index contributed by atoms with van der Waals surface area (Å²) >= 11 is 0. The van der Waals surface area contributed by atoms with E-state index in [0.717, 1.165) is 46.4 Å². The summed E-state index contributed by atoms with van der Waals surface area (Å²) in [6.07, 6.45) is 5.29. The van der Waals surface area contributed by atoms with Gasteiger partial charge < -0.3 is 15.5 Å². The van der Waals surface area contributed by atoms with Gasteiger partial charge in [0.1, 0.15) is 0 Å². The summed E-state index contributed by atoms with van der Waals surface area (Å²) in [7, 11) is 0. The van der Waals surface area contributed by atoms with E-state index in [9.17, 15) is 4.79 Å². The summed E-state index contributed by atoms with van der Waals surface area (Å²) in [4.78, 5) is 13.9. The monoisotopic (exact) mass is 463 g/mol. The van der Waals surface area contributed by atoms with Gasteiger partial charge in [0.2, 0.25) is 5.91 Å². The summed E-state index contributed by atoms with van der Waals surface area (Å²) < 4.78 is 0. The molecule has 1 aromatic heterocycles. The third kappa shape index (κ3) is 5.77. The fourth-order valence-electron chi connectivity index (χ4n) is 5.23. The van der Waals surface area contributed by atoms with Gasteiger partial charge in [-0.3, -0.25) is 4.79 Å². The van der Waals surface area contributed by atoms with Gasteiger partial charge in [0.15, 0.2) is 5.82 Å². The Morgan fingerprint density at radius 3 is 2.38 bits per heavy atom. The van der Waals surface area contributed by atoms with Crippen LogP contribution in [0.25, 0.3) is 11.3 Å². The first-order valence-corrected chi connectivity index (χ1v) is 12.7. The van der Waals surface area contributed by atoms with E-state index in [-0.39, 0.29) is 5.91 Å². The fraction of sp³-hybridized carbons (Fsp3) is 0.607. The molecule has 2 aliphatic rings. The Balaban J connectivity index is 1.31. The molecule has 6 nitrogen and oxygen atoms in total. The maximum atomic E-state index is 11.2. The molecule has 1 spiro atoms. The number of piperidine rings is 1. The van der Waals surface area contributed by atoms with Gasteiger partial charge in [-0.25, -0.2) is 0 Å². The zero-order valence-corrected chi connectivity index (χ0v) is 21.8. The normalized spacial score (nSPS) is 19.8. The Bertz CT molecular complexity index is 1020. The zero-order valence-electron chi connectivity index (χ0n) is 21.8. The second-order valence-corrected chi connectivity index (χ2v) is 11.7. The number of anilines is 2. The van der Waals surface area contributed by atoms with E-state index >= 15 is 0 Å². The van der Waals surface area contributed by atoms with E-state index in [2.05, 4.69) is 60.3 Å².